The van der Waals surface area contributed by atoms with E-state index in [4.69, 9.17) is 9.47 Å². The van der Waals surface area contributed by atoms with Crippen LogP contribution in [0.15, 0.2) is 48.7 Å². The lowest BCUT2D eigenvalue weighted by molar-refractivity contribution is 0.0670. The SMILES string of the molecule is O=C(NCCc1ccccn1)c1ccccc1OCC1CCCO1. The molecule has 1 unspecified atom stereocenters. The van der Waals surface area contributed by atoms with Gasteiger partial charge in [0.25, 0.3) is 5.91 Å². The summed E-state index contributed by atoms with van der Waals surface area (Å²) >= 11 is 0. The van der Waals surface area contributed by atoms with E-state index in [0.717, 1.165) is 25.1 Å². The molecule has 3 rings (SSSR count). The monoisotopic (exact) mass is 326 g/mol. The molecule has 1 atom stereocenters. The molecular formula is C19H22N2O3. The summed E-state index contributed by atoms with van der Waals surface area (Å²) in [5, 5.41) is 2.93. The molecular weight excluding hydrogens is 304 g/mol. The van der Waals surface area contributed by atoms with E-state index in [0.29, 0.717) is 30.9 Å². The molecule has 1 aliphatic heterocycles. The summed E-state index contributed by atoms with van der Waals surface area (Å²) in [4.78, 5) is 16.7. The number of hydrogen-bond acceptors (Lipinski definition) is 4. The van der Waals surface area contributed by atoms with Gasteiger partial charge >= 0.3 is 0 Å². The minimum absolute atomic E-state index is 0.130. The number of nitrogens with zero attached hydrogens (tertiary/aromatic N) is 1. The van der Waals surface area contributed by atoms with Gasteiger partial charge in [0.05, 0.1) is 11.7 Å². The molecule has 0 saturated carbocycles. The molecule has 24 heavy (non-hydrogen) atoms. The average Bonchev–Trinajstić information content (AvgIpc) is 3.14. The van der Waals surface area contributed by atoms with Gasteiger partial charge in [0.1, 0.15) is 12.4 Å². The third-order valence-corrected chi connectivity index (χ3v) is 3.97. The highest BCUT2D eigenvalue weighted by molar-refractivity contribution is 5.96. The first-order valence-electron chi connectivity index (χ1n) is 8.34. The van der Waals surface area contributed by atoms with Crippen molar-refractivity contribution in [3.05, 3.63) is 59.9 Å². The number of rotatable bonds is 7. The third-order valence-electron chi connectivity index (χ3n) is 3.97. The highest BCUT2D eigenvalue weighted by Gasteiger charge is 2.18. The lowest BCUT2D eigenvalue weighted by Gasteiger charge is -2.14. The van der Waals surface area contributed by atoms with Crippen molar-refractivity contribution in [3.63, 3.8) is 0 Å². The second kappa shape index (κ2) is 8.45. The predicted molar refractivity (Wildman–Crippen MR) is 91.2 cm³/mol. The lowest BCUT2D eigenvalue weighted by Crippen LogP contribution is -2.27. The second-order valence-corrected chi connectivity index (χ2v) is 5.77. The zero-order chi connectivity index (χ0) is 16.6. The van der Waals surface area contributed by atoms with Crippen molar-refractivity contribution in [2.45, 2.75) is 25.4 Å². The number of benzene rings is 1. The van der Waals surface area contributed by atoms with Gasteiger partial charge in [-0.15, -0.1) is 0 Å². The third kappa shape index (κ3) is 4.55. The number of ether oxygens (including phenoxy) is 2. The molecule has 126 valence electrons. The van der Waals surface area contributed by atoms with Gasteiger partial charge < -0.3 is 14.8 Å². The second-order valence-electron chi connectivity index (χ2n) is 5.77. The Hall–Kier alpha value is -2.40. The van der Waals surface area contributed by atoms with Crippen LogP contribution in [0.5, 0.6) is 5.75 Å². The summed E-state index contributed by atoms with van der Waals surface area (Å²) in [6, 6.07) is 13.1. The Bertz CT molecular complexity index is 655. The van der Waals surface area contributed by atoms with Gasteiger partial charge in [-0.2, -0.15) is 0 Å². The van der Waals surface area contributed by atoms with Gasteiger partial charge in [0.15, 0.2) is 0 Å². The van der Waals surface area contributed by atoms with Gasteiger partial charge in [-0.25, -0.2) is 0 Å². The standard InChI is InChI=1S/C19H22N2O3/c22-19(21-12-10-15-6-3-4-11-20-15)17-8-1-2-9-18(17)24-14-16-7-5-13-23-16/h1-4,6,8-9,11,16H,5,7,10,12-14H2,(H,21,22). The fourth-order valence-electron chi connectivity index (χ4n) is 2.68. The summed E-state index contributed by atoms with van der Waals surface area (Å²) in [6.45, 7) is 1.82. The minimum atomic E-state index is -0.131. The van der Waals surface area contributed by atoms with Crippen molar-refractivity contribution in [1.82, 2.24) is 10.3 Å². The Balaban J connectivity index is 1.53. The minimum Gasteiger partial charge on any atom is -0.490 e. The molecule has 1 aromatic heterocycles. The van der Waals surface area contributed by atoms with E-state index in [2.05, 4.69) is 10.3 Å². The Labute approximate surface area is 142 Å². The van der Waals surface area contributed by atoms with Gasteiger partial charge in [-0.3, -0.25) is 9.78 Å². The molecule has 0 bridgehead atoms. The van der Waals surface area contributed by atoms with Gasteiger partial charge in [0, 0.05) is 31.5 Å². The van der Waals surface area contributed by atoms with Crippen LogP contribution in [0, 0.1) is 0 Å². The Kier molecular flexibility index (Phi) is 5.80. The lowest BCUT2D eigenvalue weighted by atomic mass is 10.2. The Morgan fingerprint density at radius 2 is 2.12 bits per heavy atom. The summed E-state index contributed by atoms with van der Waals surface area (Å²) in [7, 11) is 0. The first kappa shape index (κ1) is 16.5. The predicted octanol–water partition coefficient (Wildman–Crippen LogP) is 2.61. The Morgan fingerprint density at radius 1 is 1.25 bits per heavy atom. The number of nitrogens with one attached hydrogen (secondary N) is 1. The van der Waals surface area contributed by atoms with Crippen LogP contribution in [0.25, 0.3) is 0 Å². The fourth-order valence-corrected chi connectivity index (χ4v) is 2.68. The van der Waals surface area contributed by atoms with Crippen LogP contribution in [0.2, 0.25) is 0 Å². The quantitative estimate of drug-likeness (QED) is 0.850. The number of para-hydroxylation sites is 1. The van der Waals surface area contributed by atoms with Crippen LogP contribution < -0.4 is 10.1 Å². The van der Waals surface area contributed by atoms with E-state index in [1.165, 1.54) is 0 Å². The molecule has 0 radical (unpaired) electrons. The maximum Gasteiger partial charge on any atom is 0.255 e. The average molecular weight is 326 g/mol. The first-order chi connectivity index (χ1) is 11.8. The number of hydrogen-bond donors (Lipinski definition) is 1. The van der Waals surface area contributed by atoms with Crippen LogP contribution >= 0.6 is 0 Å². The van der Waals surface area contributed by atoms with E-state index >= 15 is 0 Å². The summed E-state index contributed by atoms with van der Waals surface area (Å²) in [5.74, 6) is 0.470. The van der Waals surface area contributed by atoms with Gasteiger partial charge in [-0.1, -0.05) is 18.2 Å². The van der Waals surface area contributed by atoms with E-state index in [9.17, 15) is 4.79 Å². The molecule has 1 saturated heterocycles. The maximum atomic E-state index is 12.4. The van der Waals surface area contributed by atoms with Crippen LogP contribution in [0.3, 0.4) is 0 Å². The Morgan fingerprint density at radius 3 is 2.92 bits per heavy atom. The summed E-state index contributed by atoms with van der Waals surface area (Å²) in [5.41, 5.74) is 1.51. The van der Waals surface area contributed by atoms with E-state index in [-0.39, 0.29) is 12.0 Å². The topological polar surface area (TPSA) is 60.5 Å². The van der Waals surface area contributed by atoms with Crippen LogP contribution in [0.1, 0.15) is 28.9 Å². The molecule has 1 aliphatic rings. The summed E-state index contributed by atoms with van der Waals surface area (Å²) in [6.07, 6.45) is 4.67. The van der Waals surface area contributed by atoms with E-state index < -0.39 is 0 Å². The zero-order valence-electron chi connectivity index (χ0n) is 13.6. The van der Waals surface area contributed by atoms with Crippen molar-refractivity contribution in [2.75, 3.05) is 19.8 Å². The van der Waals surface area contributed by atoms with E-state index in [1.807, 2.05) is 36.4 Å². The van der Waals surface area contributed by atoms with Crippen molar-refractivity contribution in [2.24, 2.45) is 0 Å². The molecule has 1 N–H and O–H groups in total. The number of amides is 1. The van der Waals surface area contributed by atoms with Crippen LogP contribution in [-0.4, -0.2) is 36.8 Å². The van der Waals surface area contributed by atoms with Crippen molar-refractivity contribution in [1.29, 1.82) is 0 Å². The van der Waals surface area contributed by atoms with Gasteiger partial charge in [0.2, 0.25) is 0 Å². The van der Waals surface area contributed by atoms with Gasteiger partial charge in [-0.05, 0) is 37.1 Å². The van der Waals surface area contributed by atoms with Crippen LogP contribution in [0.4, 0.5) is 0 Å². The highest BCUT2D eigenvalue weighted by Crippen LogP contribution is 2.20. The molecule has 5 heteroatoms. The van der Waals surface area contributed by atoms with Crippen molar-refractivity contribution in [3.8, 4) is 5.75 Å². The fraction of sp³-hybridized carbons (Fsp3) is 0.368. The van der Waals surface area contributed by atoms with E-state index in [1.54, 1.807) is 12.3 Å². The molecule has 0 spiro atoms. The molecule has 2 aromatic rings. The molecule has 2 heterocycles. The number of aromatic nitrogens is 1. The van der Waals surface area contributed by atoms with Crippen molar-refractivity contribution < 1.29 is 14.3 Å². The number of carbonyl (C=O) groups excluding carboxylic acids is 1. The smallest absolute Gasteiger partial charge is 0.255 e. The molecule has 1 amide bonds. The maximum absolute atomic E-state index is 12.4. The molecule has 0 aliphatic carbocycles. The first-order valence-corrected chi connectivity index (χ1v) is 8.34. The molecule has 5 nitrogen and oxygen atoms in total. The summed E-state index contributed by atoms with van der Waals surface area (Å²) < 4.78 is 11.4. The largest absolute Gasteiger partial charge is 0.490 e. The van der Waals surface area contributed by atoms with Crippen LogP contribution in [-0.2, 0) is 11.2 Å². The number of pyridine rings is 1. The molecule has 1 aromatic carbocycles. The normalized spacial score (nSPS) is 16.8. The zero-order valence-corrected chi connectivity index (χ0v) is 13.6. The highest BCUT2D eigenvalue weighted by atomic mass is 16.5. The number of carbonyl (C=O) groups is 1. The van der Waals surface area contributed by atoms with Crippen molar-refractivity contribution >= 4 is 5.91 Å². The molecule has 1 fully saturated rings.